The van der Waals surface area contributed by atoms with Gasteiger partial charge in [0.15, 0.2) is 11.7 Å². The topological polar surface area (TPSA) is 68.3 Å². The predicted molar refractivity (Wildman–Crippen MR) is 99.9 cm³/mol. The maximum atomic E-state index is 12.0. The molecule has 25 heavy (non-hydrogen) atoms. The van der Waals surface area contributed by atoms with Gasteiger partial charge in [-0.15, -0.1) is 0 Å². The Kier molecular flexibility index (Phi) is 5.68. The highest BCUT2D eigenvalue weighted by atomic mass is 32.1. The lowest BCUT2D eigenvalue weighted by molar-refractivity contribution is -0.147. The Labute approximate surface area is 151 Å². The summed E-state index contributed by atoms with van der Waals surface area (Å²) in [6.07, 6.45) is 6.23. The van der Waals surface area contributed by atoms with Gasteiger partial charge >= 0.3 is 5.97 Å². The van der Waals surface area contributed by atoms with Crippen molar-refractivity contribution in [1.82, 2.24) is 4.98 Å². The summed E-state index contributed by atoms with van der Waals surface area (Å²) in [4.78, 5) is 28.2. The Bertz CT molecular complexity index is 778. The van der Waals surface area contributed by atoms with Crippen LogP contribution in [0.2, 0.25) is 0 Å². The van der Waals surface area contributed by atoms with E-state index in [0.717, 1.165) is 22.2 Å². The number of carbonyl (C=O) groups excluding carboxylic acids is 2. The third-order valence-corrected chi connectivity index (χ3v) is 5.59. The first-order valence-corrected chi connectivity index (χ1v) is 9.66. The maximum absolute atomic E-state index is 12.0. The van der Waals surface area contributed by atoms with Gasteiger partial charge in [-0.05, 0) is 43.4 Å². The van der Waals surface area contributed by atoms with Crippen LogP contribution >= 0.6 is 11.3 Å². The standard InChI is InChI=1S/C19H24N2O3S/c1-12-9-13(2)18-15(10-12)25-19(21-18)20-16(22)11-24-17(23)8-7-14-5-3-4-6-14/h9-10,14H,3-8,11H2,1-2H3,(H,20,21,22). The molecule has 0 spiro atoms. The van der Waals surface area contributed by atoms with Crippen molar-refractivity contribution in [3.05, 3.63) is 23.3 Å². The summed E-state index contributed by atoms with van der Waals surface area (Å²) in [5.41, 5.74) is 3.16. The van der Waals surface area contributed by atoms with Crippen LogP contribution in [-0.4, -0.2) is 23.5 Å². The molecule has 0 unspecified atom stereocenters. The van der Waals surface area contributed by atoms with Crippen LogP contribution in [0.1, 0.15) is 49.7 Å². The summed E-state index contributed by atoms with van der Waals surface area (Å²) >= 11 is 1.43. The second kappa shape index (κ2) is 7.95. The first-order chi connectivity index (χ1) is 12.0. The summed E-state index contributed by atoms with van der Waals surface area (Å²) in [6, 6.07) is 4.12. The number of carbonyl (C=O) groups is 2. The zero-order valence-electron chi connectivity index (χ0n) is 14.8. The van der Waals surface area contributed by atoms with Crippen LogP contribution in [0.5, 0.6) is 0 Å². The lowest BCUT2D eigenvalue weighted by Crippen LogP contribution is -2.21. The Morgan fingerprint density at radius 3 is 2.80 bits per heavy atom. The number of nitrogens with one attached hydrogen (secondary N) is 1. The summed E-state index contributed by atoms with van der Waals surface area (Å²) in [5.74, 6) is 0.0105. The first-order valence-electron chi connectivity index (χ1n) is 8.84. The van der Waals surface area contributed by atoms with Crippen molar-refractivity contribution in [3.63, 3.8) is 0 Å². The summed E-state index contributed by atoms with van der Waals surface area (Å²) in [5, 5.41) is 3.26. The molecule has 1 fully saturated rings. The number of nitrogens with zero attached hydrogens (tertiary/aromatic N) is 1. The van der Waals surface area contributed by atoms with E-state index in [-0.39, 0.29) is 18.5 Å². The highest BCUT2D eigenvalue weighted by Gasteiger charge is 2.17. The van der Waals surface area contributed by atoms with Crippen LogP contribution in [0.15, 0.2) is 12.1 Å². The molecular weight excluding hydrogens is 336 g/mol. The second-order valence-electron chi connectivity index (χ2n) is 6.85. The number of anilines is 1. The number of thiazole rings is 1. The SMILES string of the molecule is Cc1cc(C)c2nc(NC(=O)COC(=O)CCC3CCCC3)sc2c1. The fourth-order valence-corrected chi connectivity index (χ4v) is 4.48. The van der Waals surface area contributed by atoms with Crippen molar-refractivity contribution >= 4 is 38.6 Å². The summed E-state index contributed by atoms with van der Waals surface area (Å²) in [7, 11) is 0. The van der Waals surface area contributed by atoms with E-state index in [1.165, 1.54) is 42.6 Å². The number of fused-ring (bicyclic) bond motifs is 1. The van der Waals surface area contributed by atoms with Crippen LogP contribution in [-0.2, 0) is 14.3 Å². The van der Waals surface area contributed by atoms with E-state index in [0.29, 0.717) is 17.5 Å². The van der Waals surface area contributed by atoms with Crippen molar-refractivity contribution in [2.45, 2.75) is 52.4 Å². The average Bonchev–Trinajstić information content (AvgIpc) is 3.20. The highest BCUT2D eigenvalue weighted by Crippen LogP contribution is 2.30. The molecule has 1 aromatic carbocycles. The molecule has 3 rings (SSSR count). The van der Waals surface area contributed by atoms with Crippen molar-refractivity contribution in [2.75, 3.05) is 11.9 Å². The van der Waals surface area contributed by atoms with E-state index >= 15 is 0 Å². The number of benzene rings is 1. The fourth-order valence-electron chi connectivity index (χ4n) is 3.42. The van der Waals surface area contributed by atoms with Gasteiger partial charge in [-0.2, -0.15) is 0 Å². The molecule has 0 aliphatic heterocycles. The number of hydrogen-bond acceptors (Lipinski definition) is 5. The number of hydrogen-bond donors (Lipinski definition) is 1. The molecule has 1 N–H and O–H groups in total. The van der Waals surface area contributed by atoms with Crippen LogP contribution in [0.25, 0.3) is 10.2 Å². The Morgan fingerprint density at radius 1 is 1.28 bits per heavy atom. The van der Waals surface area contributed by atoms with E-state index in [1.54, 1.807) is 0 Å². The lowest BCUT2D eigenvalue weighted by atomic mass is 10.0. The van der Waals surface area contributed by atoms with Crippen molar-refractivity contribution in [3.8, 4) is 0 Å². The zero-order valence-corrected chi connectivity index (χ0v) is 15.6. The van der Waals surface area contributed by atoms with E-state index in [9.17, 15) is 9.59 Å². The van der Waals surface area contributed by atoms with Gasteiger partial charge in [0, 0.05) is 6.42 Å². The number of rotatable bonds is 6. The van der Waals surface area contributed by atoms with Gasteiger partial charge in [0.25, 0.3) is 5.91 Å². The minimum absolute atomic E-state index is 0.253. The second-order valence-corrected chi connectivity index (χ2v) is 7.88. The molecule has 1 aliphatic rings. The van der Waals surface area contributed by atoms with Crippen molar-refractivity contribution in [2.24, 2.45) is 5.92 Å². The molecule has 0 atom stereocenters. The number of ether oxygens (including phenoxy) is 1. The Morgan fingerprint density at radius 2 is 2.04 bits per heavy atom. The first kappa shape index (κ1) is 17.9. The minimum atomic E-state index is -0.345. The van der Waals surface area contributed by atoms with Crippen LogP contribution in [0.4, 0.5) is 5.13 Å². The molecule has 1 amide bonds. The Balaban J connectivity index is 1.47. The van der Waals surface area contributed by atoms with Gasteiger partial charge in [-0.3, -0.25) is 14.9 Å². The van der Waals surface area contributed by atoms with Crippen LogP contribution < -0.4 is 5.32 Å². The van der Waals surface area contributed by atoms with E-state index in [1.807, 2.05) is 13.8 Å². The predicted octanol–water partition coefficient (Wildman–Crippen LogP) is 4.37. The van der Waals surface area contributed by atoms with Gasteiger partial charge in [0.2, 0.25) is 0 Å². The molecule has 0 saturated heterocycles. The van der Waals surface area contributed by atoms with Gasteiger partial charge < -0.3 is 4.74 Å². The number of esters is 1. The molecule has 1 saturated carbocycles. The summed E-state index contributed by atoms with van der Waals surface area (Å²) in [6.45, 7) is 3.79. The third-order valence-electron chi connectivity index (χ3n) is 4.67. The van der Waals surface area contributed by atoms with Gasteiger partial charge in [-0.25, -0.2) is 4.98 Å². The molecule has 0 bridgehead atoms. The molecule has 6 heteroatoms. The molecule has 134 valence electrons. The van der Waals surface area contributed by atoms with Crippen molar-refractivity contribution < 1.29 is 14.3 Å². The molecule has 1 aliphatic carbocycles. The molecular formula is C19H24N2O3S. The van der Waals surface area contributed by atoms with Crippen molar-refractivity contribution in [1.29, 1.82) is 0 Å². The van der Waals surface area contributed by atoms with E-state index in [4.69, 9.17) is 4.74 Å². The maximum Gasteiger partial charge on any atom is 0.306 e. The smallest absolute Gasteiger partial charge is 0.306 e. The molecule has 1 heterocycles. The Hall–Kier alpha value is -1.95. The zero-order chi connectivity index (χ0) is 17.8. The van der Waals surface area contributed by atoms with E-state index in [2.05, 4.69) is 22.4 Å². The molecule has 0 radical (unpaired) electrons. The van der Waals surface area contributed by atoms with Gasteiger partial charge in [0.05, 0.1) is 10.2 Å². The molecule has 2 aromatic rings. The number of amides is 1. The van der Waals surface area contributed by atoms with Gasteiger partial charge in [-0.1, -0.05) is 43.1 Å². The van der Waals surface area contributed by atoms with Crippen LogP contribution in [0, 0.1) is 19.8 Å². The highest BCUT2D eigenvalue weighted by molar-refractivity contribution is 7.22. The fraction of sp³-hybridized carbons (Fsp3) is 0.526. The third kappa shape index (κ3) is 4.78. The molecule has 1 aromatic heterocycles. The lowest BCUT2D eigenvalue weighted by Gasteiger charge is -2.08. The average molecular weight is 360 g/mol. The molecule has 5 nitrogen and oxygen atoms in total. The van der Waals surface area contributed by atoms with E-state index < -0.39 is 0 Å². The quantitative estimate of drug-likeness (QED) is 0.777. The number of aromatic nitrogens is 1. The minimum Gasteiger partial charge on any atom is -0.456 e. The summed E-state index contributed by atoms with van der Waals surface area (Å²) < 4.78 is 6.12. The number of aryl methyl sites for hydroxylation is 2. The van der Waals surface area contributed by atoms with Crippen LogP contribution in [0.3, 0.4) is 0 Å². The monoisotopic (exact) mass is 360 g/mol. The largest absolute Gasteiger partial charge is 0.456 e. The normalized spacial score (nSPS) is 14.8. The van der Waals surface area contributed by atoms with Gasteiger partial charge in [0.1, 0.15) is 0 Å².